The topological polar surface area (TPSA) is 62.3 Å². The van der Waals surface area contributed by atoms with Gasteiger partial charge in [0.25, 0.3) is 0 Å². The number of carbonyl (C=O) groups is 2. The molecule has 0 unspecified atom stereocenters. The summed E-state index contributed by atoms with van der Waals surface area (Å²) < 4.78 is 39.1. The normalized spacial score (nSPS) is 20.0. The van der Waals surface area contributed by atoms with Crippen molar-refractivity contribution in [2.24, 2.45) is 5.92 Å². The molecule has 0 saturated carbocycles. The fraction of sp³-hybridized carbons (Fsp3) is 0.316. The Hall–Kier alpha value is -2.90. The van der Waals surface area contributed by atoms with Gasteiger partial charge in [0.05, 0.1) is 17.4 Å². The molecule has 1 saturated heterocycles. The van der Waals surface area contributed by atoms with Crippen molar-refractivity contribution in [3.63, 3.8) is 0 Å². The van der Waals surface area contributed by atoms with E-state index >= 15 is 0 Å². The van der Waals surface area contributed by atoms with Crippen LogP contribution in [0.5, 0.6) is 0 Å². The summed E-state index contributed by atoms with van der Waals surface area (Å²) in [5, 5.41) is 2.68. The quantitative estimate of drug-likeness (QED) is 0.836. The third kappa shape index (κ3) is 3.79. The second-order valence-corrected chi connectivity index (χ2v) is 6.61. The molecule has 0 spiro atoms. The summed E-state index contributed by atoms with van der Waals surface area (Å²) in [4.78, 5) is 30.6. The van der Waals surface area contributed by atoms with Crippen LogP contribution >= 0.6 is 0 Å². The molecule has 0 radical (unpaired) electrons. The van der Waals surface area contributed by atoms with E-state index in [0.29, 0.717) is 11.3 Å². The van der Waals surface area contributed by atoms with Crippen molar-refractivity contribution in [1.82, 2.24) is 9.88 Å². The van der Waals surface area contributed by atoms with E-state index in [1.54, 1.807) is 19.2 Å². The maximum atomic E-state index is 13.0. The average Bonchev–Trinajstić information content (AvgIpc) is 2.91. The van der Waals surface area contributed by atoms with Gasteiger partial charge in [-0.1, -0.05) is 18.2 Å². The highest BCUT2D eigenvalue weighted by Crippen LogP contribution is 2.37. The molecule has 2 heterocycles. The number of aromatic nitrogens is 1. The Labute approximate surface area is 154 Å². The Kier molecular flexibility index (Phi) is 4.91. The van der Waals surface area contributed by atoms with E-state index in [2.05, 4.69) is 10.3 Å². The Morgan fingerprint density at radius 1 is 1.30 bits per heavy atom. The number of nitrogens with zero attached hydrogens (tertiary/aromatic N) is 2. The zero-order valence-electron chi connectivity index (χ0n) is 14.7. The predicted octanol–water partition coefficient (Wildman–Crippen LogP) is 3.22. The van der Waals surface area contributed by atoms with Gasteiger partial charge in [0, 0.05) is 25.7 Å². The average molecular weight is 377 g/mol. The number of nitrogens with one attached hydrogen (secondary N) is 1. The van der Waals surface area contributed by atoms with Gasteiger partial charge in [0.2, 0.25) is 11.8 Å². The standard InChI is InChI=1S/C19H18F3N3O2/c1-11-6-7-23-9-15(11)24-17(26)16-14(10-25(2)18(16)27)12-4-3-5-13(8-12)19(20,21)22/h3-9,14,16H,10H2,1-2H3,(H,24,26)/t14-,16+/m1/s1. The van der Waals surface area contributed by atoms with Crippen molar-refractivity contribution in [2.75, 3.05) is 18.9 Å². The van der Waals surface area contributed by atoms with Crippen molar-refractivity contribution in [1.29, 1.82) is 0 Å². The molecule has 8 heteroatoms. The van der Waals surface area contributed by atoms with Crippen molar-refractivity contribution < 1.29 is 22.8 Å². The first-order valence-electron chi connectivity index (χ1n) is 8.32. The van der Waals surface area contributed by atoms with Crippen LogP contribution in [0.2, 0.25) is 0 Å². The van der Waals surface area contributed by atoms with Crippen LogP contribution in [0.1, 0.15) is 22.6 Å². The molecule has 0 aliphatic carbocycles. The number of hydrogen-bond donors (Lipinski definition) is 1. The van der Waals surface area contributed by atoms with Gasteiger partial charge in [-0.25, -0.2) is 0 Å². The van der Waals surface area contributed by atoms with Crippen molar-refractivity contribution in [3.05, 3.63) is 59.4 Å². The molecule has 2 amide bonds. The number of anilines is 1. The number of halogens is 3. The summed E-state index contributed by atoms with van der Waals surface area (Å²) in [5.41, 5.74) is 0.746. The Bertz CT molecular complexity index is 882. The van der Waals surface area contributed by atoms with Gasteiger partial charge in [0.15, 0.2) is 0 Å². The number of rotatable bonds is 3. The molecule has 1 N–H and O–H groups in total. The third-order valence-corrected chi connectivity index (χ3v) is 4.74. The highest BCUT2D eigenvalue weighted by atomic mass is 19.4. The second-order valence-electron chi connectivity index (χ2n) is 6.61. The maximum Gasteiger partial charge on any atom is 0.416 e. The number of hydrogen-bond acceptors (Lipinski definition) is 3. The van der Waals surface area contributed by atoms with Gasteiger partial charge in [0.1, 0.15) is 5.92 Å². The molecule has 27 heavy (non-hydrogen) atoms. The molecule has 2 aromatic rings. The van der Waals surface area contributed by atoms with Crippen molar-refractivity contribution in [3.8, 4) is 0 Å². The van der Waals surface area contributed by atoms with Crippen LogP contribution in [0.15, 0.2) is 42.7 Å². The number of pyridine rings is 1. The summed E-state index contributed by atoms with van der Waals surface area (Å²) in [6.07, 6.45) is -1.45. The molecule has 1 fully saturated rings. The summed E-state index contributed by atoms with van der Waals surface area (Å²) in [5.74, 6) is -2.74. The van der Waals surface area contributed by atoms with Gasteiger partial charge < -0.3 is 10.2 Å². The number of likely N-dealkylation sites (N-methyl/N-ethyl adjacent to an activating group) is 1. The molecule has 2 atom stereocenters. The lowest BCUT2D eigenvalue weighted by atomic mass is 9.87. The number of carbonyl (C=O) groups excluding carboxylic acids is 2. The molecule has 1 aromatic carbocycles. The highest BCUT2D eigenvalue weighted by Gasteiger charge is 2.45. The summed E-state index contributed by atoms with van der Waals surface area (Å²) in [6, 6.07) is 6.50. The largest absolute Gasteiger partial charge is 0.416 e. The Morgan fingerprint density at radius 3 is 2.70 bits per heavy atom. The van der Waals surface area contributed by atoms with Crippen LogP contribution in [0.3, 0.4) is 0 Å². The van der Waals surface area contributed by atoms with E-state index in [4.69, 9.17) is 0 Å². The molecular weight excluding hydrogens is 359 g/mol. The monoisotopic (exact) mass is 377 g/mol. The first-order valence-corrected chi connectivity index (χ1v) is 8.32. The van der Waals surface area contributed by atoms with E-state index in [1.807, 2.05) is 0 Å². The van der Waals surface area contributed by atoms with Gasteiger partial charge in [-0.05, 0) is 30.2 Å². The molecular formula is C19H18F3N3O2. The fourth-order valence-corrected chi connectivity index (χ4v) is 3.24. The van der Waals surface area contributed by atoms with Crippen LogP contribution in [0.25, 0.3) is 0 Å². The number of likely N-dealkylation sites (tertiary alicyclic amines) is 1. The van der Waals surface area contributed by atoms with Crippen molar-refractivity contribution >= 4 is 17.5 Å². The van der Waals surface area contributed by atoms with Gasteiger partial charge in [-0.15, -0.1) is 0 Å². The maximum absolute atomic E-state index is 13.0. The summed E-state index contributed by atoms with van der Waals surface area (Å²) >= 11 is 0. The summed E-state index contributed by atoms with van der Waals surface area (Å²) in [6.45, 7) is 1.95. The molecule has 142 valence electrons. The minimum Gasteiger partial charge on any atom is -0.344 e. The van der Waals surface area contributed by atoms with E-state index in [-0.39, 0.29) is 6.54 Å². The second kappa shape index (κ2) is 7.02. The Balaban J connectivity index is 1.92. The van der Waals surface area contributed by atoms with E-state index in [1.165, 1.54) is 30.3 Å². The van der Waals surface area contributed by atoms with Crippen LogP contribution in [-0.4, -0.2) is 35.3 Å². The van der Waals surface area contributed by atoms with Gasteiger partial charge in [-0.3, -0.25) is 14.6 Å². The van der Waals surface area contributed by atoms with Crippen LogP contribution in [0, 0.1) is 12.8 Å². The van der Waals surface area contributed by atoms with E-state index in [0.717, 1.165) is 17.7 Å². The van der Waals surface area contributed by atoms with Crippen LogP contribution in [0.4, 0.5) is 18.9 Å². The number of benzene rings is 1. The zero-order valence-corrected chi connectivity index (χ0v) is 14.7. The Morgan fingerprint density at radius 2 is 2.04 bits per heavy atom. The molecule has 1 aromatic heterocycles. The van der Waals surface area contributed by atoms with E-state index in [9.17, 15) is 22.8 Å². The first-order chi connectivity index (χ1) is 12.7. The number of amides is 2. The highest BCUT2D eigenvalue weighted by molar-refractivity contribution is 6.08. The molecule has 1 aliphatic heterocycles. The molecule has 3 rings (SSSR count). The lowest BCUT2D eigenvalue weighted by Crippen LogP contribution is -2.33. The molecule has 1 aliphatic rings. The lowest BCUT2D eigenvalue weighted by molar-refractivity contribution is -0.137. The zero-order chi connectivity index (χ0) is 19.8. The predicted molar refractivity (Wildman–Crippen MR) is 92.9 cm³/mol. The van der Waals surface area contributed by atoms with Crippen LogP contribution < -0.4 is 5.32 Å². The first kappa shape index (κ1) is 18.9. The molecule has 0 bridgehead atoms. The SMILES string of the molecule is Cc1ccncc1NC(=O)[C@H]1C(=O)N(C)C[C@@H]1c1cccc(C(F)(F)F)c1. The van der Waals surface area contributed by atoms with Crippen molar-refractivity contribution in [2.45, 2.75) is 19.0 Å². The summed E-state index contributed by atoms with van der Waals surface area (Å²) in [7, 11) is 1.53. The minimum absolute atomic E-state index is 0.171. The molecule has 5 nitrogen and oxygen atoms in total. The van der Waals surface area contributed by atoms with Crippen LogP contribution in [-0.2, 0) is 15.8 Å². The van der Waals surface area contributed by atoms with Gasteiger partial charge in [-0.2, -0.15) is 13.2 Å². The fourth-order valence-electron chi connectivity index (χ4n) is 3.24. The number of alkyl halides is 3. The smallest absolute Gasteiger partial charge is 0.344 e. The van der Waals surface area contributed by atoms with Gasteiger partial charge >= 0.3 is 6.18 Å². The minimum atomic E-state index is -4.49. The lowest BCUT2D eigenvalue weighted by Gasteiger charge is -2.18. The van der Waals surface area contributed by atoms with E-state index < -0.39 is 35.4 Å². The third-order valence-electron chi connectivity index (χ3n) is 4.74. The number of aryl methyl sites for hydroxylation is 1.